The van der Waals surface area contributed by atoms with Gasteiger partial charge in [-0.3, -0.25) is 4.57 Å². The first kappa shape index (κ1) is 23.3. The van der Waals surface area contributed by atoms with Crippen LogP contribution in [0.15, 0.2) is 127 Å². The molecular formula is C39H21N5. The maximum Gasteiger partial charge on any atom is 0.165 e. The second-order valence-corrected chi connectivity index (χ2v) is 11.3. The third-order valence-corrected chi connectivity index (χ3v) is 9.06. The van der Waals surface area contributed by atoms with Crippen molar-refractivity contribution in [2.24, 2.45) is 0 Å². The summed E-state index contributed by atoms with van der Waals surface area (Å²) in [5, 5.41) is 16.8. The van der Waals surface area contributed by atoms with E-state index in [2.05, 4.69) is 93.9 Å². The average Bonchev–Trinajstić information content (AvgIpc) is 3.72. The molecule has 0 N–H and O–H groups in total. The summed E-state index contributed by atoms with van der Waals surface area (Å²) in [6.45, 7) is 0. The van der Waals surface area contributed by atoms with Gasteiger partial charge < -0.3 is 4.40 Å². The summed E-state index contributed by atoms with van der Waals surface area (Å²) >= 11 is 0. The number of aromatic nitrogens is 4. The summed E-state index contributed by atoms with van der Waals surface area (Å²) in [6, 6.07) is 46.3. The number of fused-ring (bicyclic) bond motifs is 11. The van der Waals surface area contributed by atoms with Gasteiger partial charge in [0, 0.05) is 37.9 Å². The Kier molecular flexibility index (Phi) is 4.46. The first-order valence-corrected chi connectivity index (χ1v) is 14.7. The largest absolute Gasteiger partial charge is 0.308 e. The molecule has 0 unspecified atom stereocenters. The second kappa shape index (κ2) is 8.41. The van der Waals surface area contributed by atoms with Crippen LogP contribution in [0.1, 0.15) is 5.56 Å². The van der Waals surface area contributed by atoms with E-state index in [9.17, 15) is 5.26 Å². The maximum absolute atomic E-state index is 9.47. The fourth-order valence-electron chi connectivity index (χ4n) is 7.24. The number of nitrogens with zero attached hydrogens (tertiary/aromatic N) is 5. The molecule has 0 aliphatic rings. The lowest BCUT2D eigenvalue weighted by Crippen LogP contribution is -2.03. The van der Waals surface area contributed by atoms with Gasteiger partial charge in [0.1, 0.15) is 5.69 Å². The Labute approximate surface area is 250 Å². The van der Waals surface area contributed by atoms with E-state index < -0.39 is 0 Å². The minimum absolute atomic E-state index is 0.612. The molecule has 0 amide bonds. The monoisotopic (exact) mass is 559 g/mol. The van der Waals surface area contributed by atoms with Crippen LogP contribution in [0.5, 0.6) is 0 Å². The van der Waals surface area contributed by atoms with Crippen LogP contribution in [0.2, 0.25) is 0 Å². The van der Waals surface area contributed by atoms with Gasteiger partial charge >= 0.3 is 0 Å². The molecule has 4 heterocycles. The van der Waals surface area contributed by atoms with E-state index >= 15 is 0 Å². The molecule has 10 rings (SSSR count). The van der Waals surface area contributed by atoms with Crippen molar-refractivity contribution < 1.29 is 0 Å². The molecule has 0 saturated heterocycles. The molecule has 0 saturated carbocycles. The van der Waals surface area contributed by atoms with E-state index in [1.165, 1.54) is 48.9 Å². The van der Waals surface area contributed by atoms with Crippen LogP contribution in [0.4, 0.5) is 0 Å². The summed E-state index contributed by atoms with van der Waals surface area (Å²) in [5.41, 5.74) is 9.79. The number of para-hydroxylation sites is 5. The molecule has 44 heavy (non-hydrogen) atoms. The Bertz CT molecular complexity index is 2830. The van der Waals surface area contributed by atoms with Crippen molar-refractivity contribution in [1.29, 1.82) is 5.26 Å². The van der Waals surface area contributed by atoms with Crippen molar-refractivity contribution in [2.75, 3.05) is 0 Å². The van der Waals surface area contributed by atoms with Crippen molar-refractivity contribution in [1.82, 2.24) is 18.9 Å². The van der Waals surface area contributed by atoms with Crippen molar-refractivity contribution in [3.8, 4) is 23.1 Å². The molecular weight excluding hydrogens is 538 g/mol. The smallest absolute Gasteiger partial charge is 0.165 e. The summed E-state index contributed by atoms with van der Waals surface area (Å²) in [6.07, 6.45) is 0. The number of nitriles is 1. The van der Waals surface area contributed by atoms with E-state index in [1.807, 2.05) is 48.5 Å². The molecule has 0 aliphatic heterocycles. The van der Waals surface area contributed by atoms with Crippen LogP contribution >= 0.6 is 0 Å². The molecule has 4 aromatic heterocycles. The van der Waals surface area contributed by atoms with Crippen LogP contribution < -0.4 is 0 Å². The van der Waals surface area contributed by atoms with Gasteiger partial charge in [-0.15, -0.1) is 0 Å². The minimum atomic E-state index is 0.612. The zero-order valence-corrected chi connectivity index (χ0v) is 23.4. The van der Waals surface area contributed by atoms with Crippen LogP contribution in [0.25, 0.3) is 88.0 Å². The molecule has 5 nitrogen and oxygen atoms in total. The fourth-order valence-corrected chi connectivity index (χ4v) is 7.24. The molecule has 202 valence electrons. The van der Waals surface area contributed by atoms with E-state index in [4.69, 9.17) is 9.97 Å². The predicted molar refractivity (Wildman–Crippen MR) is 179 cm³/mol. The fraction of sp³-hybridized carbons (Fsp3) is 0. The molecule has 0 fully saturated rings. The highest BCUT2D eigenvalue weighted by molar-refractivity contribution is 6.35. The molecule has 0 bridgehead atoms. The lowest BCUT2D eigenvalue weighted by atomic mass is 10.0. The highest BCUT2D eigenvalue weighted by atomic mass is 15.1. The van der Waals surface area contributed by atoms with Crippen LogP contribution in [-0.2, 0) is 0 Å². The Morgan fingerprint density at radius 1 is 0.523 bits per heavy atom. The van der Waals surface area contributed by atoms with Crippen molar-refractivity contribution >= 4 is 70.9 Å². The van der Waals surface area contributed by atoms with Gasteiger partial charge in [0.05, 0.1) is 50.2 Å². The number of hydrogen-bond acceptors (Lipinski definition) is 3. The van der Waals surface area contributed by atoms with Gasteiger partial charge in [-0.25, -0.2) is 9.97 Å². The van der Waals surface area contributed by atoms with Gasteiger partial charge in [0.15, 0.2) is 5.82 Å². The number of hydrogen-bond donors (Lipinski definition) is 0. The lowest BCUT2D eigenvalue weighted by Gasteiger charge is -2.14. The normalized spacial score (nSPS) is 12.1. The Morgan fingerprint density at radius 3 is 1.84 bits per heavy atom. The van der Waals surface area contributed by atoms with Gasteiger partial charge in [-0.05, 0) is 48.5 Å². The minimum Gasteiger partial charge on any atom is -0.308 e. The standard InChI is InChI=1S/C39H21N5/c40-22-23-17-19-24(20-18-23)37-39(42-30-13-5-4-12-29(30)41-37)44-33-16-8-2-10-26(33)35-34(44)21-28-25-9-1-6-14-31(25)43-32-15-7-3-11-27(32)36(35)38(28)43/h1-21H. The summed E-state index contributed by atoms with van der Waals surface area (Å²) in [4.78, 5) is 10.5. The van der Waals surface area contributed by atoms with Gasteiger partial charge in [-0.1, -0.05) is 78.9 Å². The van der Waals surface area contributed by atoms with Crippen LogP contribution in [0.3, 0.4) is 0 Å². The molecule has 5 heteroatoms. The molecule has 0 radical (unpaired) electrons. The Balaban J connectivity index is 1.45. The quantitative estimate of drug-likeness (QED) is 0.212. The van der Waals surface area contributed by atoms with Crippen molar-refractivity contribution in [2.45, 2.75) is 0 Å². The first-order chi connectivity index (χ1) is 21.8. The Hall–Kier alpha value is -6.25. The van der Waals surface area contributed by atoms with Crippen molar-refractivity contribution in [3.63, 3.8) is 0 Å². The second-order valence-electron chi connectivity index (χ2n) is 11.3. The zero-order chi connectivity index (χ0) is 28.9. The van der Waals surface area contributed by atoms with E-state index in [0.717, 1.165) is 39.1 Å². The number of rotatable bonds is 2. The average molecular weight is 560 g/mol. The molecule has 6 aromatic carbocycles. The highest BCUT2D eigenvalue weighted by Crippen LogP contribution is 2.47. The van der Waals surface area contributed by atoms with Gasteiger partial charge in [0.2, 0.25) is 0 Å². The summed E-state index contributed by atoms with van der Waals surface area (Å²) in [5.74, 6) is 0.765. The highest BCUT2D eigenvalue weighted by Gasteiger charge is 2.25. The Morgan fingerprint density at radius 2 is 1.11 bits per heavy atom. The maximum atomic E-state index is 9.47. The molecule has 0 aliphatic carbocycles. The summed E-state index contributed by atoms with van der Waals surface area (Å²) < 4.78 is 4.72. The van der Waals surface area contributed by atoms with Gasteiger partial charge in [-0.2, -0.15) is 5.26 Å². The van der Waals surface area contributed by atoms with Crippen LogP contribution in [0, 0.1) is 11.3 Å². The first-order valence-electron chi connectivity index (χ1n) is 14.7. The van der Waals surface area contributed by atoms with Crippen LogP contribution in [-0.4, -0.2) is 18.9 Å². The third-order valence-electron chi connectivity index (χ3n) is 9.06. The van der Waals surface area contributed by atoms with Crippen molar-refractivity contribution in [3.05, 3.63) is 133 Å². The third kappa shape index (κ3) is 2.91. The predicted octanol–water partition coefficient (Wildman–Crippen LogP) is 9.42. The summed E-state index contributed by atoms with van der Waals surface area (Å²) in [7, 11) is 0. The molecule has 0 spiro atoms. The number of benzene rings is 6. The molecule has 10 aromatic rings. The van der Waals surface area contributed by atoms with E-state index in [0.29, 0.717) is 5.56 Å². The lowest BCUT2D eigenvalue weighted by molar-refractivity contribution is 1.08. The van der Waals surface area contributed by atoms with E-state index in [-0.39, 0.29) is 0 Å². The zero-order valence-electron chi connectivity index (χ0n) is 23.4. The SMILES string of the molecule is N#Cc1ccc(-c2nc3ccccc3nc2-n2c3ccccc3c3c4c5ccccc5n5c6ccccc6c(cc32)c45)cc1. The van der Waals surface area contributed by atoms with Gasteiger partial charge in [0.25, 0.3) is 0 Å². The molecule has 0 atom stereocenters. The van der Waals surface area contributed by atoms with E-state index in [1.54, 1.807) is 0 Å². The topological polar surface area (TPSA) is 58.9 Å².